The number of fused-ring (bicyclic) bond motifs is 2. The van der Waals surface area contributed by atoms with Crippen molar-refractivity contribution < 1.29 is 37.0 Å². The van der Waals surface area contributed by atoms with Gasteiger partial charge in [-0.25, -0.2) is 0 Å². The lowest BCUT2D eigenvalue weighted by Crippen LogP contribution is -2.23. The summed E-state index contributed by atoms with van der Waals surface area (Å²) in [6, 6.07) is 3.90. The average molecular weight is 340 g/mol. The second kappa shape index (κ2) is 5.33. The third-order valence-electron chi connectivity index (χ3n) is 3.67. The number of carbonyl (C=O) groups is 1. The number of aromatic hydroxyl groups is 1. The lowest BCUT2D eigenvalue weighted by Gasteiger charge is -2.15. The first-order valence-corrected chi connectivity index (χ1v) is 6.69. The molecule has 0 aliphatic carbocycles. The highest BCUT2D eigenvalue weighted by Gasteiger charge is 2.42. The summed E-state index contributed by atoms with van der Waals surface area (Å²) in [6.07, 6.45) is -4.01. The van der Waals surface area contributed by atoms with Gasteiger partial charge in [-0.05, 0) is 12.1 Å². The molecule has 3 rings (SSSR count). The molecule has 2 aromatic carbocycles. The maximum atomic E-state index is 13.0. The van der Waals surface area contributed by atoms with Crippen LogP contribution in [0.1, 0.15) is 10.4 Å². The van der Waals surface area contributed by atoms with E-state index >= 15 is 0 Å². The Hall–Kier alpha value is -2.90. The number of rotatable bonds is 3. The van der Waals surface area contributed by atoms with E-state index in [2.05, 4.69) is 0 Å². The summed E-state index contributed by atoms with van der Waals surface area (Å²) in [5.74, 6) is -2.18. The molecule has 0 aliphatic heterocycles. The van der Waals surface area contributed by atoms with Crippen molar-refractivity contribution in [3.63, 3.8) is 0 Å². The second-order valence-corrected chi connectivity index (χ2v) is 4.97. The first-order valence-electron chi connectivity index (χ1n) is 6.69. The van der Waals surface area contributed by atoms with Crippen molar-refractivity contribution in [2.45, 2.75) is 6.18 Å². The van der Waals surface area contributed by atoms with Crippen LogP contribution in [0, 0.1) is 0 Å². The molecule has 1 N–H and O–H groups in total. The smallest absolute Gasteiger partial charge is 0.455 e. The Labute approximate surface area is 133 Å². The van der Waals surface area contributed by atoms with Crippen LogP contribution in [0.2, 0.25) is 0 Å². The van der Waals surface area contributed by atoms with Gasteiger partial charge in [0.1, 0.15) is 22.8 Å². The van der Waals surface area contributed by atoms with E-state index < -0.39 is 17.5 Å². The topological polar surface area (TPSA) is 68.9 Å². The van der Waals surface area contributed by atoms with Crippen molar-refractivity contribution in [1.29, 1.82) is 0 Å². The Bertz CT molecular complexity index is 956. The fourth-order valence-electron chi connectivity index (χ4n) is 2.62. The number of carbonyl (C=O) groups excluding carboxylic acids is 1. The molecule has 1 heterocycles. The van der Waals surface area contributed by atoms with Crippen molar-refractivity contribution in [3.8, 4) is 17.2 Å². The van der Waals surface area contributed by atoms with E-state index in [1.807, 2.05) is 0 Å². The fourth-order valence-corrected chi connectivity index (χ4v) is 2.62. The lowest BCUT2D eigenvalue weighted by molar-refractivity contribution is -0.0883. The Morgan fingerprint density at radius 1 is 1.17 bits per heavy atom. The number of alkyl halides is 3. The summed E-state index contributed by atoms with van der Waals surface area (Å²) < 4.78 is 54.3. The van der Waals surface area contributed by atoms with Crippen molar-refractivity contribution in [1.82, 2.24) is 0 Å². The Morgan fingerprint density at radius 3 is 2.46 bits per heavy atom. The summed E-state index contributed by atoms with van der Waals surface area (Å²) in [4.78, 5) is 12.0. The minimum absolute atomic E-state index is 0.0152. The van der Waals surface area contributed by atoms with Gasteiger partial charge in [0, 0.05) is 11.5 Å². The summed E-state index contributed by atoms with van der Waals surface area (Å²) in [6.45, 7) is 0. The van der Waals surface area contributed by atoms with Gasteiger partial charge in [-0.2, -0.15) is 13.2 Å². The molecule has 126 valence electrons. The Kier molecular flexibility index (Phi) is 3.55. The number of phenolic OH excluding ortho intramolecular Hbond substituents is 1. The van der Waals surface area contributed by atoms with Gasteiger partial charge in [-0.3, -0.25) is 4.79 Å². The van der Waals surface area contributed by atoms with Crippen molar-refractivity contribution >= 4 is 27.5 Å². The third-order valence-corrected chi connectivity index (χ3v) is 3.67. The molecule has 0 fully saturated rings. The van der Waals surface area contributed by atoms with Crippen molar-refractivity contribution in [2.24, 2.45) is 0 Å². The first-order chi connectivity index (χ1) is 11.3. The summed E-state index contributed by atoms with van der Waals surface area (Å²) >= 11 is 0. The predicted molar refractivity (Wildman–Crippen MR) is 78.9 cm³/mol. The SMILES string of the molecule is COc1cc(OC)c2c(O)c3ccoc3c(C(=O)C(F)(F)F)c2c1. The Morgan fingerprint density at radius 2 is 1.88 bits per heavy atom. The van der Waals surface area contributed by atoms with E-state index in [4.69, 9.17) is 13.9 Å². The van der Waals surface area contributed by atoms with E-state index in [0.717, 1.165) is 6.26 Å². The molecule has 0 spiro atoms. The molecule has 0 atom stereocenters. The maximum Gasteiger partial charge on any atom is 0.455 e. The predicted octanol–water partition coefficient (Wildman–Crippen LogP) is 4.05. The molecule has 0 amide bonds. The number of phenols is 1. The standard InChI is InChI=1S/C16H11F3O5/c1-22-7-5-9-11(10(6-7)23-2)13(20)8-3-4-24-14(8)12(9)15(21)16(17,18)19/h3-6,20H,1-2H3. The van der Waals surface area contributed by atoms with E-state index in [1.165, 1.54) is 32.4 Å². The van der Waals surface area contributed by atoms with Crippen LogP contribution < -0.4 is 9.47 Å². The van der Waals surface area contributed by atoms with Crippen LogP contribution >= 0.6 is 0 Å². The molecule has 8 heteroatoms. The molecule has 0 saturated heterocycles. The van der Waals surface area contributed by atoms with Crippen LogP contribution in [0.3, 0.4) is 0 Å². The summed E-state index contributed by atoms with van der Waals surface area (Å²) in [5.41, 5.74) is -1.05. The number of benzene rings is 2. The number of furan rings is 1. The number of ketones is 1. The van der Waals surface area contributed by atoms with Gasteiger partial charge in [0.15, 0.2) is 0 Å². The quantitative estimate of drug-likeness (QED) is 0.729. The largest absolute Gasteiger partial charge is 0.506 e. The van der Waals surface area contributed by atoms with Gasteiger partial charge in [-0.15, -0.1) is 0 Å². The molecule has 0 aliphatic rings. The molecule has 24 heavy (non-hydrogen) atoms. The maximum absolute atomic E-state index is 13.0. The van der Waals surface area contributed by atoms with Gasteiger partial charge >= 0.3 is 6.18 Å². The van der Waals surface area contributed by atoms with Crippen LogP contribution in [-0.4, -0.2) is 31.3 Å². The zero-order chi connectivity index (χ0) is 17.6. The molecule has 1 aromatic heterocycles. The summed E-state index contributed by atoms with van der Waals surface area (Å²) in [5, 5.41) is 10.2. The molecular formula is C16H11F3O5. The van der Waals surface area contributed by atoms with Gasteiger partial charge < -0.3 is 19.0 Å². The number of hydrogen-bond donors (Lipinski definition) is 1. The van der Waals surface area contributed by atoms with Crippen LogP contribution in [0.25, 0.3) is 21.7 Å². The van der Waals surface area contributed by atoms with Gasteiger partial charge in [0.25, 0.3) is 5.78 Å². The number of Topliss-reactive ketones (excluding diaryl/α,β-unsaturated/α-hetero) is 1. The van der Waals surface area contributed by atoms with Gasteiger partial charge in [0.05, 0.1) is 36.8 Å². The highest BCUT2D eigenvalue weighted by Crippen LogP contribution is 2.45. The number of methoxy groups -OCH3 is 2. The average Bonchev–Trinajstić information content (AvgIpc) is 3.02. The van der Waals surface area contributed by atoms with E-state index in [-0.39, 0.29) is 39.0 Å². The highest BCUT2D eigenvalue weighted by atomic mass is 19.4. The Balaban J connectivity index is 2.57. The molecule has 0 unspecified atom stereocenters. The zero-order valence-corrected chi connectivity index (χ0v) is 12.5. The highest BCUT2D eigenvalue weighted by molar-refractivity contribution is 6.22. The minimum atomic E-state index is -5.11. The summed E-state index contributed by atoms with van der Waals surface area (Å²) in [7, 11) is 2.61. The molecule has 0 radical (unpaired) electrons. The van der Waals surface area contributed by atoms with Crippen LogP contribution in [0.5, 0.6) is 17.2 Å². The molecule has 0 saturated carbocycles. The monoisotopic (exact) mass is 340 g/mol. The van der Waals surface area contributed by atoms with Crippen LogP contribution in [0.15, 0.2) is 28.9 Å². The van der Waals surface area contributed by atoms with E-state index in [0.29, 0.717) is 0 Å². The number of hydrogen-bond acceptors (Lipinski definition) is 5. The van der Waals surface area contributed by atoms with Crippen molar-refractivity contribution in [2.75, 3.05) is 14.2 Å². The number of halogens is 3. The fraction of sp³-hybridized carbons (Fsp3) is 0.188. The molecule has 3 aromatic rings. The van der Waals surface area contributed by atoms with Gasteiger partial charge in [0.2, 0.25) is 0 Å². The zero-order valence-electron chi connectivity index (χ0n) is 12.5. The molecule has 5 nitrogen and oxygen atoms in total. The minimum Gasteiger partial charge on any atom is -0.506 e. The van der Waals surface area contributed by atoms with Crippen LogP contribution in [0.4, 0.5) is 13.2 Å². The molecular weight excluding hydrogens is 329 g/mol. The van der Waals surface area contributed by atoms with E-state index in [9.17, 15) is 23.1 Å². The normalized spacial score (nSPS) is 11.9. The number of ether oxygens (including phenoxy) is 2. The van der Waals surface area contributed by atoms with E-state index in [1.54, 1.807) is 0 Å². The second-order valence-electron chi connectivity index (χ2n) is 4.97. The third kappa shape index (κ3) is 2.22. The lowest BCUT2D eigenvalue weighted by atomic mass is 9.96. The van der Waals surface area contributed by atoms with Gasteiger partial charge in [-0.1, -0.05) is 0 Å². The molecule has 0 bridgehead atoms. The van der Waals surface area contributed by atoms with Crippen LogP contribution in [-0.2, 0) is 0 Å². The van der Waals surface area contributed by atoms with Crippen molar-refractivity contribution in [3.05, 3.63) is 30.0 Å². The first kappa shape index (κ1) is 16.0.